The minimum atomic E-state index is 0.233. The van der Waals surface area contributed by atoms with Gasteiger partial charge in [0.05, 0.1) is 52.9 Å². The van der Waals surface area contributed by atoms with E-state index in [9.17, 15) is 4.79 Å². The van der Waals surface area contributed by atoms with Gasteiger partial charge in [-0.15, -0.1) is 0 Å². The van der Waals surface area contributed by atoms with Crippen molar-refractivity contribution in [2.24, 2.45) is 0 Å². The summed E-state index contributed by atoms with van der Waals surface area (Å²) in [6.07, 6.45) is 1.07. The van der Waals surface area contributed by atoms with Gasteiger partial charge in [0.2, 0.25) is 0 Å². The monoisotopic (exact) mass is 305 g/mol. The van der Waals surface area contributed by atoms with Crippen LogP contribution in [-0.4, -0.2) is 84.2 Å². The second-order valence-electron chi connectivity index (χ2n) is 4.89. The normalized spacial score (nSPS) is 11.2. The van der Waals surface area contributed by atoms with E-state index in [0.717, 1.165) is 13.2 Å². The average molecular weight is 305 g/mol. The summed E-state index contributed by atoms with van der Waals surface area (Å²) in [7, 11) is 4.03. The van der Waals surface area contributed by atoms with Crippen LogP contribution in [0.5, 0.6) is 0 Å². The van der Waals surface area contributed by atoms with Crippen LogP contribution in [0.25, 0.3) is 0 Å². The molecule has 0 aliphatic heterocycles. The van der Waals surface area contributed by atoms with Crippen LogP contribution in [0.4, 0.5) is 0 Å². The zero-order valence-corrected chi connectivity index (χ0v) is 13.8. The first-order valence-corrected chi connectivity index (χ1v) is 7.64. The van der Waals surface area contributed by atoms with Gasteiger partial charge in [-0.2, -0.15) is 0 Å². The van der Waals surface area contributed by atoms with Gasteiger partial charge in [-0.25, -0.2) is 0 Å². The van der Waals surface area contributed by atoms with Gasteiger partial charge in [0.15, 0.2) is 0 Å². The molecule has 0 amide bonds. The molecule has 0 aromatic heterocycles. The lowest BCUT2D eigenvalue weighted by atomic mass is 10.2. The highest BCUT2D eigenvalue weighted by molar-refractivity contribution is 5.78. The van der Waals surface area contributed by atoms with Crippen molar-refractivity contribution in [1.82, 2.24) is 4.90 Å². The van der Waals surface area contributed by atoms with E-state index in [1.165, 1.54) is 0 Å². The maximum Gasteiger partial charge on any atom is 0.134 e. The van der Waals surface area contributed by atoms with E-state index in [1.807, 2.05) is 21.0 Å². The van der Waals surface area contributed by atoms with Crippen molar-refractivity contribution in [1.29, 1.82) is 0 Å². The van der Waals surface area contributed by atoms with Crippen LogP contribution in [0, 0.1) is 0 Å². The summed E-state index contributed by atoms with van der Waals surface area (Å²) < 4.78 is 21.4. The summed E-state index contributed by atoms with van der Waals surface area (Å²) in [4.78, 5) is 13.1. The lowest BCUT2D eigenvalue weighted by Crippen LogP contribution is -2.19. The van der Waals surface area contributed by atoms with E-state index in [-0.39, 0.29) is 5.78 Å². The van der Waals surface area contributed by atoms with Crippen molar-refractivity contribution in [3.05, 3.63) is 0 Å². The number of Topliss-reactive ketones (excluding diaryl/α,β-unsaturated/α-hetero) is 1. The largest absolute Gasteiger partial charge is 0.379 e. The molecule has 0 aliphatic rings. The third-order valence-electron chi connectivity index (χ3n) is 2.72. The summed E-state index contributed by atoms with van der Waals surface area (Å²) in [6.45, 7) is 7.36. The molecule has 0 aromatic carbocycles. The molecular weight excluding hydrogens is 274 g/mol. The molecule has 6 nitrogen and oxygen atoms in total. The number of nitrogens with zero attached hydrogens (tertiary/aromatic N) is 1. The Morgan fingerprint density at radius 3 is 1.62 bits per heavy atom. The maximum absolute atomic E-state index is 11.0. The number of hydrogen-bond acceptors (Lipinski definition) is 6. The SMILES string of the molecule is CCC(=O)CCOCCOCCOCCOCCN(C)C. The van der Waals surface area contributed by atoms with Crippen LogP contribution in [0.2, 0.25) is 0 Å². The van der Waals surface area contributed by atoms with Crippen LogP contribution in [0.3, 0.4) is 0 Å². The molecule has 0 saturated heterocycles. The zero-order chi connectivity index (χ0) is 15.8. The topological polar surface area (TPSA) is 57.2 Å². The number of likely N-dealkylation sites (N-methyl/N-ethyl adjacent to an activating group) is 1. The number of ether oxygens (including phenoxy) is 4. The molecule has 0 radical (unpaired) electrons. The Kier molecular flexibility index (Phi) is 15.5. The fourth-order valence-electron chi connectivity index (χ4n) is 1.37. The van der Waals surface area contributed by atoms with Crippen LogP contribution in [0.15, 0.2) is 0 Å². The number of rotatable bonds is 16. The molecule has 6 heteroatoms. The quantitative estimate of drug-likeness (QED) is 0.396. The van der Waals surface area contributed by atoms with Crippen LogP contribution >= 0.6 is 0 Å². The molecule has 0 atom stereocenters. The predicted molar refractivity (Wildman–Crippen MR) is 81.7 cm³/mol. The fraction of sp³-hybridized carbons (Fsp3) is 0.933. The molecule has 0 saturated carbocycles. The fourth-order valence-corrected chi connectivity index (χ4v) is 1.37. The highest BCUT2D eigenvalue weighted by Crippen LogP contribution is 1.90. The van der Waals surface area contributed by atoms with Gasteiger partial charge in [0, 0.05) is 19.4 Å². The molecule has 126 valence electrons. The molecule has 0 spiro atoms. The van der Waals surface area contributed by atoms with Gasteiger partial charge < -0.3 is 23.8 Å². The standard InChI is InChI=1S/C15H31NO5/c1-4-15(17)5-7-18-9-11-20-13-14-21-12-10-19-8-6-16(2)3/h4-14H2,1-3H3. The van der Waals surface area contributed by atoms with Crippen molar-refractivity contribution < 1.29 is 23.7 Å². The Morgan fingerprint density at radius 2 is 1.19 bits per heavy atom. The summed E-state index contributed by atoms with van der Waals surface area (Å²) >= 11 is 0. The smallest absolute Gasteiger partial charge is 0.134 e. The predicted octanol–water partition coefficient (Wildman–Crippen LogP) is 0.984. The van der Waals surface area contributed by atoms with Crippen molar-refractivity contribution in [3.63, 3.8) is 0 Å². The van der Waals surface area contributed by atoms with E-state index in [1.54, 1.807) is 0 Å². The van der Waals surface area contributed by atoms with E-state index in [2.05, 4.69) is 4.90 Å². The maximum atomic E-state index is 11.0. The number of carbonyl (C=O) groups excluding carboxylic acids is 1. The van der Waals surface area contributed by atoms with E-state index < -0.39 is 0 Å². The molecule has 0 unspecified atom stereocenters. The third kappa shape index (κ3) is 17.4. The van der Waals surface area contributed by atoms with E-state index in [0.29, 0.717) is 59.1 Å². The Bertz CT molecular complexity index is 236. The second-order valence-corrected chi connectivity index (χ2v) is 4.89. The van der Waals surface area contributed by atoms with Gasteiger partial charge in [-0.05, 0) is 14.1 Å². The third-order valence-corrected chi connectivity index (χ3v) is 2.72. The first-order chi connectivity index (χ1) is 10.2. The molecule has 0 N–H and O–H groups in total. The molecule has 0 fully saturated rings. The molecular formula is C15H31NO5. The van der Waals surface area contributed by atoms with Crippen LogP contribution in [-0.2, 0) is 23.7 Å². The van der Waals surface area contributed by atoms with Crippen molar-refractivity contribution in [2.75, 3.05) is 73.5 Å². The van der Waals surface area contributed by atoms with Crippen LogP contribution < -0.4 is 0 Å². The lowest BCUT2D eigenvalue weighted by Gasteiger charge is -2.10. The first-order valence-electron chi connectivity index (χ1n) is 7.64. The number of carbonyl (C=O) groups is 1. The Morgan fingerprint density at radius 1 is 0.762 bits per heavy atom. The molecule has 0 aromatic rings. The highest BCUT2D eigenvalue weighted by Gasteiger charge is 1.97. The minimum Gasteiger partial charge on any atom is -0.379 e. The van der Waals surface area contributed by atoms with Crippen molar-refractivity contribution in [2.45, 2.75) is 19.8 Å². The summed E-state index contributed by atoms with van der Waals surface area (Å²) in [5, 5.41) is 0. The van der Waals surface area contributed by atoms with Gasteiger partial charge in [-0.1, -0.05) is 6.92 Å². The lowest BCUT2D eigenvalue weighted by molar-refractivity contribution is -0.120. The molecule has 0 aliphatic carbocycles. The van der Waals surface area contributed by atoms with Gasteiger partial charge in [0.1, 0.15) is 5.78 Å². The summed E-state index contributed by atoms with van der Waals surface area (Å²) in [5.41, 5.74) is 0. The van der Waals surface area contributed by atoms with E-state index >= 15 is 0 Å². The van der Waals surface area contributed by atoms with Gasteiger partial charge >= 0.3 is 0 Å². The van der Waals surface area contributed by atoms with Gasteiger partial charge in [-0.3, -0.25) is 4.79 Å². The average Bonchev–Trinajstić information content (AvgIpc) is 2.46. The summed E-state index contributed by atoms with van der Waals surface area (Å²) in [5.74, 6) is 0.233. The molecule has 21 heavy (non-hydrogen) atoms. The zero-order valence-electron chi connectivity index (χ0n) is 13.8. The molecule has 0 rings (SSSR count). The Hall–Kier alpha value is -0.530. The molecule has 0 heterocycles. The number of ketones is 1. The van der Waals surface area contributed by atoms with Gasteiger partial charge in [0.25, 0.3) is 0 Å². The van der Waals surface area contributed by atoms with Crippen molar-refractivity contribution >= 4 is 5.78 Å². The highest BCUT2D eigenvalue weighted by atomic mass is 16.6. The molecule has 0 bridgehead atoms. The summed E-state index contributed by atoms with van der Waals surface area (Å²) in [6, 6.07) is 0. The second kappa shape index (κ2) is 15.9. The number of hydrogen-bond donors (Lipinski definition) is 0. The Labute approximate surface area is 128 Å². The Balaban J connectivity index is 3.01. The van der Waals surface area contributed by atoms with E-state index in [4.69, 9.17) is 18.9 Å². The minimum absolute atomic E-state index is 0.233. The van der Waals surface area contributed by atoms with Crippen LogP contribution in [0.1, 0.15) is 19.8 Å². The van der Waals surface area contributed by atoms with Crippen molar-refractivity contribution in [3.8, 4) is 0 Å². The first kappa shape index (κ1) is 20.5.